The molecule has 0 saturated heterocycles. The molecule has 0 bridgehead atoms. The summed E-state index contributed by atoms with van der Waals surface area (Å²) in [5, 5.41) is 13.1. The van der Waals surface area contributed by atoms with E-state index in [1.54, 1.807) is 29.2 Å². The van der Waals surface area contributed by atoms with Crippen LogP contribution in [-0.2, 0) is 16.0 Å². The second-order valence-corrected chi connectivity index (χ2v) is 11.5. The van der Waals surface area contributed by atoms with Gasteiger partial charge in [0.1, 0.15) is 23.0 Å². The van der Waals surface area contributed by atoms with Crippen LogP contribution < -0.4 is 40.0 Å². The number of hydrogen-bond acceptors (Lipinski definition) is 5. The third kappa shape index (κ3) is 7.17. The van der Waals surface area contributed by atoms with Crippen LogP contribution in [0.2, 0.25) is 0 Å². The minimum Gasteiger partial charge on any atom is -0.550 e. The molecule has 0 atom stereocenters. The van der Waals surface area contributed by atoms with Gasteiger partial charge >= 0.3 is 29.6 Å². The number of nitrogens with one attached hydrogen (secondary N) is 1. The largest absolute Gasteiger partial charge is 1.00 e. The van der Waals surface area contributed by atoms with Crippen LogP contribution in [0.4, 0.5) is 8.78 Å². The number of halogens is 2. The van der Waals surface area contributed by atoms with E-state index in [1.807, 2.05) is 0 Å². The molecule has 2 aromatic rings. The van der Waals surface area contributed by atoms with E-state index in [1.165, 1.54) is 0 Å². The molecule has 1 aliphatic carbocycles. The van der Waals surface area contributed by atoms with E-state index in [0.717, 1.165) is 36.6 Å². The summed E-state index contributed by atoms with van der Waals surface area (Å²) in [5.41, 5.74) is 0.441. The van der Waals surface area contributed by atoms with Gasteiger partial charge in [0.2, 0.25) is 0 Å². The number of carboxylic acid groups (broad SMARTS) is 1. The molecule has 1 fully saturated rings. The molecule has 1 saturated carbocycles. The van der Waals surface area contributed by atoms with Crippen molar-refractivity contribution in [3.05, 3.63) is 70.8 Å². The van der Waals surface area contributed by atoms with E-state index in [9.17, 15) is 28.3 Å². The summed E-state index contributed by atoms with van der Waals surface area (Å²) in [4.78, 5) is 42.9. The van der Waals surface area contributed by atoms with Gasteiger partial charge in [0, 0.05) is 36.6 Å². The summed E-state index contributed by atoms with van der Waals surface area (Å²) in [7, 11) is 0. The van der Waals surface area contributed by atoms with Gasteiger partial charge < -0.3 is 20.1 Å². The third-order valence-electron chi connectivity index (χ3n) is 7.92. The molecule has 2 aliphatic rings. The first-order valence-electron chi connectivity index (χ1n) is 13.3. The normalized spacial score (nSPS) is 20.7. The molecule has 4 rings (SSSR count). The van der Waals surface area contributed by atoms with E-state index >= 15 is 0 Å². The van der Waals surface area contributed by atoms with Crippen LogP contribution in [0.5, 0.6) is 0 Å². The zero-order valence-electron chi connectivity index (χ0n) is 23.6. The molecule has 208 valence electrons. The SMILES string of the molecule is CC(C)(C)C1CCC2(CC1)N=C(c1cc(F)ccc1F)C(=O)N2CCc1ccc(C(=O)NCCC(=O)[O-])cc1.[Na+]. The number of amides is 2. The summed E-state index contributed by atoms with van der Waals surface area (Å²) < 4.78 is 28.7. The maximum atomic E-state index is 14.7. The van der Waals surface area contributed by atoms with E-state index < -0.39 is 29.2 Å². The summed E-state index contributed by atoms with van der Waals surface area (Å²) in [5.74, 6) is -2.87. The fourth-order valence-electron chi connectivity index (χ4n) is 5.57. The van der Waals surface area contributed by atoms with Gasteiger partial charge in [0.05, 0.1) is 0 Å². The van der Waals surface area contributed by atoms with Crippen molar-refractivity contribution in [1.82, 2.24) is 10.2 Å². The standard InChI is InChI=1S/C30H35F2N3O4.Na/c1-29(2,3)21-10-14-30(15-11-21)34-26(23-18-22(31)8-9-24(23)32)28(39)35(30)17-13-19-4-6-20(7-5-19)27(38)33-16-12-25(36)37;/h4-9,18,21H,10-17H2,1-3H3,(H,33,38)(H,36,37);/q;+1/p-1. The molecule has 1 aliphatic heterocycles. The van der Waals surface area contributed by atoms with Gasteiger partial charge in [-0.3, -0.25) is 14.6 Å². The van der Waals surface area contributed by atoms with Crippen LogP contribution in [-0.4, -0.2) is 47.1 Å². The zero-order chi connectivity index (χ0) is 28.4. The molecule has 1 heterocycles. The fraction of sp³-hybridized carbons (Fsp3) is 0.467. The summed E-state index contributed by atoms with van der Waals surface area (Å²) in [6.45, 7) is 6.93. The zero-order valence-corrected chi connectivity index (χ0v) is 25.6. The number of nitrogens with zero attached hydrogens (tertiary/aromatic N) is 2. The minimum atomic E-state index is -1.24. The maximum Gasteiger partial charge on any atom is 1.00 e. The van der Waals surface area contributed by atoms with Crippen LogP contribution in [0, 0.1) is 23.0 Å². The second-order valence-electron chi connectivity index (χ2n) is 11.5. The number of rotatable bonds is 8. The van der Waals surface area contributed by atoms with Crippen LogP contribution in [0.15, 0.2) is 47.5 Å². The number of carbonyl (C=O) groups excluding carboxylic acids is 3. The molecule has 0 radical (unpaired) electrons. The Balaban J connectivity index is 0.00000441. The first-order valence-corrected chi connectivity index (χ1v) is 13.3. The van der Waals surface area contributed by atoms with Crippen molar-refractivity contribution in [1.29, 1.82) is 0 Å². The van der Waals surface area contributed by atoms with Crippen molar-refractivity contribution in [2.24, 2.45) is 16.3 Å². The summed E-state index contributed by atoms with van der Waals surface area (Å²) >= 11 is 0. The molecular formula is C30H34F2N3NaO4. The van der Waals surface area contributed by atoms with Crippen molar-refractivity contribution < 1.29 is 57.8 Å². The number of benzene rings is 2. The van der Waals surface area contributed by atoms with Gasteiger partial charge in [0.15, 0.2) is 0 Å². The number of carboxylic acids is 1. The molecule has 10 heteroatoms. The van der Waals surface area contributed by atoms with E-state index in [2.05, 4.69) is 26.1 Å². The Kier molecular flexibility index (Phi) is 10.3. The van der Waals surface area contributed by atoms with E-state index in [-0.39, 0.29) is 65.1 Å². The first-order chi connectivity index (χ1) is 18.4. The second kappa shape index (κ2) is 12.9. The monoisotopic (exact) mass is 561 g/mol. The van der Waals surface area contributed by atoms with Gasteiger partial charge in [-0.25, -0.2) is 8.78 Å². The van der Waals surface area contributed by atoms with Crippen molar-refractivity contribution in [2.45, 2.75) is 65.0 Å². The van der Waals surface area contributed by atoms with Crippen molar-refractivity contribution in [2.75, 3.05) is 13.1 Å². The van der Waals surface area contributed by atoms with Gasteiger partial charge in [-0.1, -0.05) is 32.9 Å². The number of carbonyl (C=O) groups is 3. The van der Waals surface area contributed by atoms with Crippen molar-refractivity contribution in [3.63, 3.8) is 0 Å². The average Bonchev–Trinajstić information content (AvgIpc) is 3.14. The van der Waals surface area contributed by atoms with Crippen LogP contribution in [0.3, 0.4) is 0 Å². The van der Waals surface area contributed by atoms with Gasteiger partial charge in [0.25, 0.3) is 11.8 Å². The number of hydrogen-bond donors (Lipinski definition) is 1. The smallest absolute Gasteiger partial charge is 0.550 e. The van der Waals surface area contributed by atoms with Gasteiger partial charge in [-0.2, -0.15) is 0 Å². The molecule has 1 N–H and O–H groups in total. The number of aliphatic carboxylic acids is 1. The molecule has 2 amide bonds. The molecule has 1 spiro atoms. The Morgan fingerprint density at radius 1 is 1.10 bits per heavy atom. The van der Waals surface area contributed by atoms with E-state index in [4.69, 9.17) is 4.99 Å². The molecule has 40 heavy (non-hydrogen) atoms. The van der Waals surface area contributed by atoms with Gasteiger partial charge in [-0.05, 0) is 79.3 Å². The van der Waals surface area contributed by atoms with Gasteiger partial charge in [-0.15, -0.1) is 0 Å². The van der Waals surface area contributed by atoms with Crippen LogP contribution >= 0.6 is 0 Å². The Labute approximate surface area is 255 Å². The summed E-state index contributed by atoms with van der Waals surface area (Å²) in [6, 6.07) is 9.92. The Bertz CT molecular complexity index is 1280. The van der Waals surface area contributed by atoms with Crippen molar-refractivity contribution >= 4 is 23.5 Å². The topological polar surface area (TPSA) is 102 Å². The first kappa shape index (κ1) is 31.9. The summed E-state index contributed by atoms with van der Waals surface area (Å²) in [6.07, 6.45) is 3.25. The Morgan fingerprint density at radius 3 is 2.35 bits per heavy atom. The molecule has 0 unspecified atom stereocenters. The van der Waals surface area contributed by atoms with Crippen LogP contribution in [0.1, 0.15) is 74.4 Å². The molecule has 0 aromatic heterocycles. The third-order valence-corrected chi connectivity index (χ3v) is 7.92. The quantitative estimate of drug-likeness (QED) is 0.478. The number of aliphatic imine (C=N–C) groups is 1. The minimum absolute atomic E-state index is 0. The van der Waals surface area contributed by atoms with E-state index in [0.29, 0.717) is 37.3 Å². The van der Waals surface area contributed by atoms with Crippen LogP contribution in [0.25, 0.3) is 0 Å². The molecule has 7 nitrogen and oxygen atoms in total. The van der Waals surface area contributed by atoms with Crippen molar-refractivity contribution in [3.8, 4) is 0 Å². The average molecular weight is 562 g/mol. The predicted molar refractivity (Wildman–Crippen MR) is 141 cm³/mol. The maximum absolute atomic E-state index is 14.7. The predicted octanol–water partition coefficient (Wildman–Crippen LogP) is 0.645. The Morgan fingerprint density at radius 2 is 1.75 bits per heavy atom. The fourth-order valence-corrected chi connectivity index (χ4v) is 5.57. The molecule has 2 aromatic carbocycles. The molecular weight excluding hydrogens is 527 g/mol. The Hall–Kier alpha value is -2.62.